The molecule has 0 fully saturated rings. The van der Waals surface area contributed by atoms with Crippen LogP contribution in [0.15, 0.2) is 22.7 Å². The normalized spacial score (nSPS) is 10.8. The summed E-state index contributed by atoms with van der Waals surface area (Å²) >= 11 is 3.50. The van der Waals surface area contributed by atoms with Crippen molar-refractivity contribution in [3.05, 3.63) is 28.2 Å². The fraction of sp³-hybridized carbons (Fsp3) is 0.533. The van der Waals surface area contributed by atoms with Crippen LogP contribution in [0.3, 0.4) is 0 Å². The first-order valence-electron chi connectivity index (χ1n) is 6.88. The van der Waals surface area contributed by atoms with Crippen molar-refractivity contribution in [3.63, 3.8) is 0 Å². The number of hydrogen-bond acceptors (Lipinski definition) is 2. The van der Waals surface area contributed by atoms with Gasteiger partial charge in [-0.25, -0.2) is 0 Å². The average Bonchev–Trinajstić information content (AvgIpc) is 2.33. The van der Waals surface area contributed by atoms with Crippen molar-refractivity contribution in [2.24, 2.45) is 5.73 Å². The molecule has 0 aliphatic heterocycles. The van der Waals surface area contributed by atoms with E-state index in [1.54, 1.807) is 0 Å². The Balaban J connectivity index is 2.90. The number of amidine groups is 1. The van der Waals surface area contributed by atoms with Gasteiger partial charge in [-0.05, 0) is 54.4 Å². The molecule has 1 aromatic carbocycles. The highest BCUT2D eigenvalue weighted by atomic mass is 79.9. The summed E-state index contributed by atoms with van der Waals surface area (Å²) in [4.78, 5) is 2.39. The van der Waals surface area contributed by atoms with Crippen LogP contribution in [-0.2, 0) is 0 Å². The summed E-state index contributed by atoms with van der Waals surface area (Å²) in [7, 11) is 0. The lowest BCUT2D eigenvalue weighted by Crippen LogP contribution is -2.31. The number of hydrogen-bond donors (Lipinski definition) is 2. The van der Waals surface area contributed by atoms with Crippen LogP contribution in [-0.4, -0.2) is 18.4 Å². The summed E-state index contributed by atoms with van der Waals surface area (Å²) in [5.74, 6) is 0.0977. The van der Waals surface area contributed by atoms with Crippen molar-refractivity contribution in [1.82, 2.24) is 0 Å². The summed E-state index contributed by atoms with van der Waals surface area (Å²) in [6, 6.07) is 6.49. The molecule has 0 aromatic heterocycles. The number of unbranched alkanes of at least 4 members (excludes halogenated alkanes) is 2. The van der Waals surface area contributed by atoms with E-state index in [0.29, 0.717) is 6.04 Å². The van der Waals surface area contributed by atoms with Crippen LogP contribution in [0.25, 0.3) is 0 Å². The third kappa shape index (κ3) is 4.53. The smallest absolute Gasteiger partial charge is 0.123 e. The van der Waals surface area contributed by atoms with E-state index in [0.717, 1.165) is 16.6 Å². The SMILES string of the molecule is CCCCCN(c1ccc(C(=N)N)c(Br)c1)C(C)C. The zero-order valence-corrected chi connectivity index (χ0v) is 13.6. The van der Waals surface area contributed by atoms with Crippen molar-refractivity contribution in [2.75, 3.05) is 11.4 Å². The predicted octanol–water partition coefficient (Wildman–Crippen LogP) is 4.14. The van der Waals surface area contributed by atoms with E-state index in [-0.39, 0.29) is 5.84 Å². The topological polar surface area (TPSA) is 53.1 Å². The molecule has 19 heavy (non-hydrogen) atoms. The fourth-order valence-corrected chi connectivity index (χ4v) is 2.70. The Morgan fingerprint density at radius 2 is 2.05 bits per heavy atom. The van der Waals surface area contributed by atoms with E-state index in [4.69, 9.17) is 11.1 Å². The average molecular weight is 326 g/mol. The lowest BCUT2D eigenvalue weighted by atomic mass is 10.1. The number of nitrogens with zero attached hydrogens (tertiary/aromatic N) is 1. The zero-order chi connectivity index (χ0) is 14.4. The maximum Gasteiger partial charge on any atom is 0.123 e. The molecule has 0 heterocycles. The minimum atomic E-state index is 0.0977. The second-order valence-electron chi connectivity index (χ2n) is 5.07. The van der Waals surface area contributed by atoms with Gasteiger partial charge in [0.1, 0.15) is 5.84 Å². The van der Waals surface area contributed by atoms with Crippen LogP contribution in [0.1, 0.15) is 45.6 Å². The van der Waals surface area contributed by atoms with E-state index >= 15 is 0 Å². The Labute approximate surface area is 124 Å². The Morgan fingerprint density at radius 1 is 1.37 bits per heavy atom. The van der Waals surface area contributed by atoms with Gasteiger partial charge in [0.2, 0.25) is 0 Å². The molecular formula is C15H24BrN3. The van der Waals surface area contributed by atoms with Gasteiger partial charge in [0.05, 0.1) is 0 Å². The number of nitrogen functional groups attached to an aromatic ring is 1. The summed E-state index contributed by atoms with van der Waals surface area (Å²) < 4.78 is 0.888. The monoisotopic (exact) mass is 325 g/mol. The van der Waals surface area contributed by atoms with Crippen LogP contribution >= 0.6 is 15.9 Å². The third-order valence-electron chi connectivity index (χ3n) is 3.20. The Bertz CT molecular complexity index is 429. The van der Waals surface area contributed by atoms with Gasteiger partial charge in [0.25, 0.3) is 0 Å². The van der Waals surface area contributed by atoms with Gasteiger partial charge >= 0.3 is 0 Å². The molecule has 1 aromatic rings. The predicted molar refractivity (Wildman–Crippen MR) is 87.2 cm³/mol. The van der Waals surface area contributed by atoms with Crippen LogP contribution in [0.2, 0.25) is 0 Å². The molecule has 1 rings (SSSR count). The number of rotatable bonds is 7. The minimum absolute atomic E-state index is 0.0977. The van der Waals surface area contributed by atoms with Crippen LogP contribution in [0.5, 0.6) is 0 Å². The molecule has 0 atom stereocenters. The molecule has 0 radical (unpaired) electrons. The second-order valence-corrected chi connectivity index (χ2v) is 5.93. The number of nitrogens with one attached hydrogen (secondary N) is 1. The first-order valence-corrected chi connectivity index (χ1v) is 7.67. The molecule has 0 unspecified atom stereocenters. The highest BCUT2D eigenvalue weighted by Crippen LogP contribution is 2.25. The molecule has 0 spiro atoms. The molecule has 3 nitrogen and oxygen atoms in total. The maximum absolute atomic E-state index is 7.51. The molecular weight excluding hydrogens is 302 g/mol. The molecule has 0 saturated heterocycles. The number of nitrogens with two attached hydrogens (primary N) is 1. The first kappa shape index (κ1) is 16.0. The van der Waals surface area contributed by atoms with Crippen molar-refractivity contribution in [2.45, 2.75) is 46.1 Å². The molecule has 4 heteroatoms. The largest absolute Gasteiger partial charge is 0.384 e. The fourth-order valence-electron chi connectivity index (χ4n) is 2.12. The summed E-state index contributed by atoms with van der Waals surface area (Å²) in [6.45, 7) is 7.70. The summed E-state index contributed by atoms with van der Waals surface area (Å²) in [5.41, 5.74) is 7.47. The standard InChI is InChI=1S/C15H24BrN3/c1-4-5-6-9-19(11(2)3)12-7-8-13(15(17)18)14(16)10-12/h7-8,10-11H,4-6,9H2,1-3H3,(H3,17,18). The molecule has 0 aliphatic rings. The lowest BCUT2D eigenvalue weighted by molar-refractivity contribution is 0.626. The van der Waals surface area contributed by atoms with Gasteiger partial charge in [0, 0.05) is 28.3 Å². The highest BCUT2D eigenvalue weighted by molar-refractivity contribution is 9.10. The van der Waals surface area contributed by atoms with E-state index < -0.39 is 0 Å². The minimum Gasteiger partial charge on any atom is -0.384 e. The van der Waals surface area contributed by atoms with E-state index in [1.807, 2.05) is 12.1 Å². The Hall–Kier alpha value is -1.03. The number of anilines is 1. The van der Waals surface area contributed by atoms with Gasteiger partial charge in [-0.1, -0.05) is 19.8 Å². The molecule has 106 valence electrons. The molecule has 0 bridgehead atoms. The molecule has 3 N–H and O–H groups in total. The van der Waals surface area contributed by atoms with Crippen LogP contribution in [0.4, 0.5) is 5.69 Å². The van der Waals surface area contributed by atoms with Crippen molar-refractivity contribution in [3.8, 4) is 0 Å². The summed E-state index contributed by atoms with van der Waals surface area (Å²) in [6.07, 6.45) is 3.70. The number of benzene rings is 1. The molecule has 0 aliphatic carbocycles. The van der Waals surface area contributed by atoms with Crippen molar-refractivity contribution in [1.29, 1.82) is 5.41 Å². The zero-order valence-electron chi connectivity index (χ0n) is 12.0. The van der Waals surface area contributed by atoms with Gasteiger partial charge in [-0.2, -0.15) is 0 Å². The Morgan fingerprint density at radius 3 is 2.53 bits per heavy atom. The van der Waals surface area contributed by atoms with Gasteiger partial charge in [0.15, 0.2) is 0 Å². The van der Waals surface area contributed by atoms with Crippen molar-refractivity contribution < 1.29 is 0 Å². The third-order valence-corrected chi connectivity index (χ3v) is 3.86. The first-order chi connectivity index (χ1) is 8.97. The van der Waals surface area contributed by atoms with E-state index in [9.17, 15) is 0 Å². The molecule has 0 amide bonds. The van der Waals surface area contributed by atoms with E-state index in [2.05, 4.69) is 47.7 Å². The van der Waals surface area contributed by atoms with Crippen LogP contribution < -0.4 is 10.6 Å². The van der Waals surface area contributed by atoms with Crippen molar-refractivity contribution >= 4 is 27.5 Å². The van der Waals surface area contributed by atoms with Crippen LogP contribution in [0, 0.1) is 5.41 Å². The summed E-state index contributed by atoms with van der Waals surface area (Å²) in [5, 5.41) is 7.51. The Kier molecular flexibility index (Phi) is 6.35. The van der Waals surface area contributed by atoms with Gasteiger partial charge in [-0.15, -0.1) is 0 Å². The van der Waals surface area contributed by atoms with Gasteiger partial charge in [-0.3, -0.25) is 5.41 Å². The maximum atomic E-state index is 7.51. The second kappa shape index (κ2) is 7.53. The molecule has 0 saturated carbocycles. The highest BCUT2D eigenvalue weighted by Gasteiger charge is 2.12. The quantitative estimate of drug-likeness (QED) is 0.449. The number of halogens is 1. The van der Waals surface area contributed by atoms with E-state index in [1.165, 1.54) is 24.9 Å². The van der Waals surface area contributed by atoms with Gasteiger partial charge < -0.3 is 10.6 Å². The lowest BCUT2D eigenvalue weighted by Gasteiger charge is -2.29.